The Morgan fingerprint density at radius 2 is 1.88 bits per heavy atom. The van der Waals surface area contributed by atoms with Crippen molar-refractivity contribution < 1.29 is 9.18 Å². The van der Waals surface area contributed by atoms with Crippen LogP contribution in [0, 0.1) is 19.7 Å². The number of hydrogen-bond acceptors (Lipinski definition) is 2. The smallest absolute Gasteiger partial charge is 0.263 e. The summed E-state index contributed by atoms with van der Waals surface area (Å²) in [6.45, 7) is 3.83. The molecule has 2 aromatic carbocycles. The fraction of sp³-hybridized carbons (Fsp3) is 0.100. The molecule has 124 valence electrons. The molecule has 1 aliphatic heterocycles. The number of fused-ring (bicyclic) bond motifs is 1. The Morgan fingerprint density at radius 3 is 2.56 bits per heavy atom. The van der Waals surface area contributed by atoms with Gasteiger partial charge in [-0.1, -0.05) is 23.8 Å². The van der Waals surface area contributed by atoms with Crippen LogP contribution in [-0.4, -0.2) is 15.9 Å². The molecule has 1 aromatic heterocycles. The van der Waals surface area contributed by atoms with Gasteiger partial charge in [-0.25, -0.2) is 9.37 Å². The van der Waals surface area contributed by atoms with Crippen molar-refractivity contribution in [2.24, 2.45) is 0 Å². The number of aromatic amines is 1. The first-order valence-corrected chi connectivity index (χ1v) is 7.98. The maximum absolute atomic E-state index is 14.5. The van der Waals surface area contributed by atoms with Gasteiger partial charge in [0.15, 0.2) is 0 Å². The van der Waals surface area contributed by atoms with Gasteiger partial charge in [-0.05, 0) is 44.2 Å². The number of amides is 1. The molecule has 0 saturated carbocycles. The van der Waals surface area contributed by atoms with Crippen LogP contribution >= 0.6 is 0 Å². The summed E-state index contributed by atoms with van der Waals surface area (Å²) in [5.74, 6) is -0.159. The standard InChI is InChI=1S/C20H16FN3O/c1-12-6-8-14(9-7-12)24-17-5-3-4-16(21)19(17)15(20(24)25)10-18-22-11-13(2)23-18/h3-11H,1-2H3,(H,22,23). The molecule has 0 fully saturated rings. The predicted octanol–water partition coefficient (Wildman–Crippen LogP) is 4.38. The van der Waals surface area contributed by atoms with Gasteiger partial charge in [0.05, 0.1) is 17.0 Å². The molecule has 2 heterocycles. The molecule has 25 heavy (non-hydrogen) atoms. The van der Waals surface area contributed by atoms with E-state index in [-0.39, 0.29) is 5.91 Å². The lowest BCUT2D eigenvalue weighted by Crippen LogP contribution is -2.20. The van der Waals surface area contributed by atoms with Crippen molar-refractivity contribution in [1.29, 1.82) is 0 Å². The number of anilines is 2. The SMILES string of the molecule is Cc1ccc(N2C(=O)C(=Cc3nc(C)c[nH]3)c3c(F)cccc32)cc1. The summed E-state index contributed by atoms with van der Waals surface area (Å²) in [5, 5.41) is 0. The van der Waals surface area contributed by atoms with Gasteiger partial charge >= 0.3 is 0 Å². The molecule has 4 nitrogen and oxygen atoms in total. The van der Waals surface area contributed by atoms with Crippen molar-refractivity contribution in [1.82, 2.24) is 9.97 Å². The average Bonchev–Trinajstić information content (AvgIpc) is 3.12. The van der Waals surface area contributed by atoms with E-state index in [0.717, 1.165) is 11.3 Å². The third kappa shape index (κ3) is 2.54. The maximum atomic E-state index is 14.5. The van der Waals surface area contributed by atoms with E-state index in [2.05, 4.69) is 9.97 Å². The zero-order chi connectivity index (χ0) is 17.6. The highest BCUT2D eigenvalue weighted by molar-refractivity contribution is 6.37. The molecule has 0 saturated heterocycles. The van der Waals surface area contributed by atoms with Crippen LogP contribution in [0.15, 0.2) is 48.7 Å². The number of imidazole rings is 1. The zero-order valence-corrected chi connectivity index (χ0v) is 13.9. The minimum atomic E-state index is -0.421. The Morgan fingerprint density at radius 1 is 1.12 bits per heavy atom. The fourth-order valence-electron chi connectivity index (χ4n) is 3.03. The number of rotatable bonds is 2. The van der Waals surface area contributed by atoms with Crippen LogP contribution in [-0.2, 0) is 4.79 Å². The fourth-order valence-corrected chi connectivity index (χ4v) is 3.03. The van der Waals surface area contributed by atoms with Gasteiger partial charge < -0.3 is 4.98 Å². The Bertz CT molecular complexity index is 1000. The van der Waals surface area contributed by atoms with Crippen LogP contribution in [0.25, 0.3) is 11.6 Å². The summed E-state index contributed by atoms with van der Waals surface area (Å²) in [6.07, 6.45) is 3.34. The van der Waals surface area contributed by atoms with Crippen molar-refractivity contribution >= 4 is 28.9 Å². The van der Waals surface area contributed by atoms with E-state index in [4.69, 9.17) is 0 Å². The number of aromatic nitrogens is 2. The topological polar surface area (TPSA) is 49.0 Å². The lowest BCUT2D eigenvalue weighted by atomic mass is 10.1. The number of benzene rings is 2. The van der Waals surface area contributed by atoms with E-state index < -0.39 is 5.82 Å². The van der Waals surface area contributed by atoms with Crippen molar-refractivity contribution in [3.05, 3.63) is 77.1 Å². The van der Waals surface area contributed by atoms with Gasteiger partial charge in [0.25, 0.3) is 5.91 Å². The number of nitrogens with zero attached hydrogens (tertiary/aromatic N) is 2. The van der Waals surface area contributed by atoms with E-state index in [1.54, 1.807) is 29.3 Å². The second kappa shape index (κ2) is 5.70. The molecule has 0 unspecified atom stereocenters. The molecule has 1 aliphatic rings. The molecule has 1 amide bonds. The van der Waals surface area contributed by atoms with E-state index in [9.17, 15) is 9.18 Å². The van der Waals surface area contributed by atoms with Crippen molar-refractivity contribution in [2.75, 3.05) is 4.90 Å². The van der Waals surface area contributed by atoms with Gasteiger partial charge in [0, 0.05) is 17.4 Å². The summed E-state index contributed by atoms with van der Waals surface area (Å²) < 4.78 is 14.5. The second-order valence-electron chi connectivity index (χ2n) is 6.10. The first kappa shape index (κ1) is 15.3. The minimum Gasteiger partial charge on any atom is -0.345 e. The number of H-pyrrole nitrogens is 1. The zero-order valence-electron chi connectivity index (χ0n) is 13.9. The molecule has 0 aliphatic carbocycles. The molecule has 0 atom stereocenters. The number of aryl methyl sites for hydroxylation is 2. The monoisotopic (exact) mass is 333 g/mol. The van der Waals surface area contributed by atoms with Gasteiger partial charge in [-0.15, -0.1) is 0 Å². The largest absolute Gasteiger partial charge is 0.345 e. The highest BCUT2D eigenvalue weighted by Gasteiger charge is 2.35. The van der Waals surface area contributed by atoms with Crippen LogP contribution in [0.5, 0.6) is 0 Å². The highest BCUT2D eigenvalue weighted by Crippen LogP contribution is 2.43. The highest BCUT2D eigenvalue weighted by atomic mass is 19.1. The average molecular weight is 333 g/mol. The third-order valence-corrected chi connectivity index (χ3v) is 4.23. The van der Waals surface area contributed by atoms with Gasteiger partial charge in [-0.2, -0.15) is 0 Å². The van der Waals surface area contributed by atoms with Crippen LogP contribution in [0.1, 0.15) is 22.6 Å². The first-order chi connectivity index (χ1) is 12.0. The van der Waals surface area contributed by atoms with Gasteiger partial charge in [0.2, 0.25) is 0 Å². The Balaban J connectivity index is 1.90. The Kier molecular flexibility index (Phi) is 3.50. The summed E-state index contributed by atoms with van der Waals surface area (Å²) >= 11 is 0. The molecule has 1 N–H and O–H groups in total. The number of carbonyl (C=O) groups excluding carboxylic acids is 1. The number of hydrogen-bond donors (Lipinski definition) is 1. The van der Waals surface area contributed by atoms with Crippen LogP contribution in [0.2, 0.25) is 0 Å². The van der Waals surface area contributed by atoms with E-state index in [1.807, 2.05) is 38.1 Å². The van der Waals surface area contributed by atoms with E-state index in [0.29, 0.717) is 28.3 Å². The Labute approximate surface area is 144 Å². The molecule has 3 aromatic rings. The quantitative estimate of drug-likeness (QED) is 0.707. The van der Waals surface area contributed by atoms with Crippen LogP contribution in [0.4, 0.5) is 15.8 Å². The molecule has 5 heteroatoms. The number of halogens is 1. The lowest BCUT2D eigenvalue weighted by Gasteiger charge is -2.17. The van der Waals surface area contributed by atoms with Crippen molar-refractivity contribution in [3.8, 4) is 0 Å². The van der Waals surface area contributed by atoms with Crippen LogP contribution < -0.4 is 4.90 Å². The van der Waals surface area contributed by atoms with Gasteiger partial charge in [0.1, 0.15) is 11.6 Å². The summed E-state index contributed by atoms with van der Waals surface area (Å²) in [5.41, 5.74) is 3.76. The van der Waals surface area contributed by atoms with E-state index in [1.165, 1.54) is 6.07 Å². The number of carbonyl (C=O) groups is 1. The summed E-state index contributed by atoms with van der Waals surface area (Å²) in [6, 6.07) is 12.3. The van der Waals surface area contributed by atoms with Crippen LogP contribution in [0.3, 0.4) is 0 Å². The van der Waals surface area contributed by atoms with Crippen molar-refractivity contribution in [2.45, 2.75) is 13.8 Å². The Hall–Kier alpha value is -3.21. The van der Waals surface area contributed by atoms with E-state index >= 15 is 0 Å². The molecular formula is C20H16FN3O. The maximum Gasteiger partial charge on any atom is 0.263 e. The normalized spacial score (nSPS) is 15.1. The molecular weight excluding hydrogens is 317 g/mol. The molecule has 0 bridgehead atoms. The third-order valence-electron chi connectivity index (χ3n) is 4.23. The second-order valence-corrected chi connectivity index (χ2v) is 6.10. The van der Waals surface area contributed by atoms with Gasteiger partial charge in [-0.3, -0.25) is 9.69 Å². The number of nitrogens with one attached hydrogen (secondary N) is 1. The minimum absolute atomic E-state index is 0.266. The molecule has 4 rings (SSSR count). The van der Waals surface area contributed by atoms with Crippen molar-refractivity contribution in [3.63, 3.8) is 0 Å². The summed E-state index contributed by atoms with van der Waals surface area (Å²) in [4.78, 5) is 21.9. The first-order valence-electron chi connectivity index (χ1n) is 7.98. The predicted molar refractivity (Wildman–Crippen MR) is 95.9 cm³/mol. The summed E-state index contributed by atoms with van der Waals surface area (Å²) in [7, 11) is 0. The lowest BCUT2D eigenvalue weighted by molar-refractivity contribution is -0.112. The molecule has 0 radical (unpaired) electrons. The molecule has 0 spiro atoms.